The molecule has 0 bridgehead atoms. The Kier molecular flexibility index (Phi) is 4.97. The van der Waals surface area contributed by atoms with E-state index in [1.54, 1.807) is 19.1 Å². The highest BCUT2D eigenvalue weighted by molar-refractivity contribution is 5.97. The molecule has 0 spiro atoms. The van der Waals surface area contributed by atoms with E-state index in [2.05, 4.69) is 0 Å². The van der Waals surface area contributed by atoms with Gasteiger partial charge in [-0.2, -0.15) is 0 Å². The summed E-state index contributed by atoms with van der Waals surface area (Å²) in [6.45, 7) is 1.79. The van der Waals surface area contributed by atoms with Crippen LogP contribution in [0.4, 0.5) is 0 Å². The van der Waals surface area contributed by atoms with Crippen molar-refractivity contribution in [2.45, 2.75) is 19.4 Å². The highest BCUT2D eigenvalue weighted by Crippen LogP contribution is 2.38. The largest absolute Gasteiger partial charge is 0.493 e. The number of ketones is 1. The van der Waals surface area contributed by atoms with Crippen LogP contribution in [0.2, 0.25) is 0 Å². The number of hydrogen-bond donors (Lipinski definition) is 1. The molecule has 0 saturated heterocycles. The second-order valence-electron chi connectivity index (χ2n) is 4.02. The summed E-state index contributed by atoms with van der Waals surface area (Å²) in [4.78, 5) is 12.0. The number of hydrogen-bond acceptors (Lipinski definition) is 5. The Morgan fingerprint density at radius 3 is 2.00 bits per heavy atom. The molecule has 2 N–H and O–H groups in total. The standard InChI is InChI=1S/C13H19NO4/c1-8(14)5-10(15)9-6-11(16-2)13(18-4)12(7-9)17-3/h6-8H,5,14H2,1-4H3. The summed E-state index contributed by atoms with van der Waals surface area (Å²) in [6.07, 6.45) is 0.276. The van der Waals surface area contributed by atoms with Crippen molar-refractivity contribution >= 4 is 5.78 Å². The molecular formula is C13H19NO4. The molecule has 1 aromatic carbocycles. The van der Waals surface area contributed by atoms with Crippen molar-refractivity contribution < 1.29 is 19.0 Å². The van der Waals surface area contributed by atoms with Crippen LogP contribution in [0.3, 0.4) is 0 Å². The number of Topliss-reactive ketones (excluding diaryl/α,β-unsaturated/α-hetero) is 1. The van der Waals surface area contributed by atoms with Gasteiger partial charge in [-0.3, -0.25) is 4.79 Å². The third-order valence-corrected chi connectivity index (χ3v) is 2.49. The van der Waals surface area contributed by atoms with Crippen LogP contribution in [0.15, 0.2) is 12.1 Å². The maximum absolute atomic E-state index is 12.0. The van der Waals surface area contributed by atoms with Crippen LogP contribution in [0.5, 0.6) is 17.2 Å². The number of carbonyl (C=O) groups excluding carboxylic acids is 1. The van der Waals surface area contributed by atoms with Crippen molar-refractivity contribution in [1.82, 2.24) is 0 Å². The molecule has 18 heavy (non-hydrogen) atoms. The molecule has 1 rings (SSSR count). The second-order valence-corrected chi connectivity index (χ2v) is 4.02. The fraction of sp³-hybridized carbons (Fsp3) is 0.462. The van der Waals surface area contributed by atoms with Crippen LogP contribution in [0.1, 0.15) is 23.7 Å². The predicted octanol–water partition coefficient (Wildman–Crippen LogP) is 1.63. The first-order valence-corrected chi connectivity index (χ1v) is 5.62. The van der Waals surface area contributed by atoms with Crippen LogP contribution in [-0.2, 0) is 0 Å². The molecule has 0 amide bonds. The summed E-state index contributed by atoms with van der Waals surface area (Å²) in [5, 5.41) is 0. The highest BCUT2D eigenvalue weighted by atomic mass is 16.5. The molecule has 1 aromatic rings. The summed E-state index contributed by atoms with van der Waals surface area (Å²) in [6, 6.07) is 3.08. The minimum absolute atomic E-state index is 0.0516. The van der Waals surface area contributed by atoms with Gasteiger partial charge in [0.25, 0.3) is 0 Å². The number of rotatable bonds is 6. The van der Waals surface area contributed by atoms with Gasteiger partial charge in [-0.25, -0.2) is 0 Å². The SMILES string of the molecule is COc1cc(C(=O)CC(C)N)cc(OC)c1OC. The predicted molar refractivity (Wildman–Crippen MR) is 68.7 cm³/mol. The molecule has 100 valence electrons. The van der Waals surface area contributed by atoms with E-state index < -0.39 is 0 Å². The Hall–Kier alpha value is -1.75. The summed E-state index contributed by atoms with van der Waals surface area (Å²) < 4.78 is 15.6. The number of methoxy groups -OCH3 is 3. The monoisotopic (exact) mass is 253 g/mol. The Bertz CT molecular complexity index is 404. The first-order valence-electron chi connectivity index (χ1n) is 5.62. The fourth-order valence-electron chi connectivity index (χ4n) is 1.65. The molecule has 0 aliphatic heterocycles. The van der Waals surface area contributed by atoms with Crippen molar-refractivity contribution in [3.8, 4) is 17.2 Å². The van der Waals surface area contributed by atoms with E-state index in [4.69, 9.17) is 19.9 Å². The van der Waals surface area contributed by atoms with Crippen LogP contribution in [0, 0.1) is 0 Å². The first-order chi connectivity index (χ1) is 8.53. The number of ether oxygens (including phenoxy) is 3. The third-order valence-electron chi connectivity index (χ3n) is 2.49. The van der Waals surface area contributed by atoms with Gasteiger partial charge in [-0.15, -0.1) is 0 Å². The zero-order valence-electron chi connectivity index (χ0n) is 11.1. The number of benzene rings is 1. The maximum Gasteiger partial charge on any atom is 0.203 e. The summed E-state index contributed by atoms with van der Waals surface area (Å²) in [5.41, 5.74) is 6.12. The second kappa shape index (κ2) is 6.26. The lowest BCUT2D eigenvalue weighted by Crippen LogP contribution is -2.19. The van der Waals surface area contributed by atoms with E-state index in [9.17, 15) is 4.79 Å². The van der Waals surface area contributed by atoms with E-state index >= 15 is 0 Å². The molecule has 1 atom stereocenters. The topological polar surface area (TPSA) is 70.8 Å². The van der Waals surface area contributed by atoms with Gasteiger partial charge in [-0.1, -0.05) is 0 Å². The molecule has 0 saturated carbocycles. The zero-order valence-corrected chi connectivity index (χ0v) is 11.1. The van der Waals surface area contributed by atoms with E-state index in [0.29, 0.717) is 22.8 Å². The molecule has 0 radical (unpaired) electrons. The van der Waals surface area contributed by atoms with Crippen molar-refractivity contribution in [2.75, 3.05) is 21.3 Å². The van der Waals surface area contributed by atoms with Crippen LogP contribution in [0.25, 0.3) is 0 Å². The van der Waals surface area contributed by atoms with Crippen molar-refractivity contribution in [3.05, 3.63) is 17.7 Å². The lowest BCUT2D eigenvalue weighted by Gasteiger charge is -2.14. The molecule has 0 aromatic heterocycles. The average molecular weight is 253 g/mol. The first kappa shape index (κ1) is 14.3. The lowest BCUT2D eigenvalue weighted by molar-refractivity contribution is 0.0976. The Morgan fingerprint density at radius 2 is 1.67 bits per heavy atom. The van der Waals surface area contributed by atoms with Crippen LogP contribution >= 0.6 is 0 Å². The summed E-state index contributed by atoms with van der Waals surface area (Å²) >= 11 is 0. The van der Waals surface area contributed by atoms with Gasteiger partial charge in [0.15, 0.2) is 17.3 Å². The van der Waals surface area contributed by atoms with E-state index in [1.165, 1.54) is 21.3 Å². The Balaban J connectivity index is 3.18. The van der Waals surface area contributed by atoms with E-state index in [0.717, 1.165) is 0 Å². The summed E-state index contributed by atoms with van der Waals surface area (Å²) in [7, 11) is 4.54. The van der Waals surface area contributed by atoms with Crippen molar-refractivity contribution in [1.29, 1.82) is 0 Å². The maximum atomic E-state index is 12.0. The molecule has 1 unspecified atom stereocenters. The van der Waals surface area contributed by atoms with Gasteiger partial charge in [0.2, 0.25) is 5.75 Å². The smallest absolute Gasteiger partial charge is 0.203 e. The number of nitrogens with two attached hydrogens (primary N) is 1. The van der Waals surface area contributed by atoms with Gasteiger partial charge in [0.1, 0.15) is 0 Å². The molecule has 0 aliphatic rings. The molecule has 5 nitrogen and oxygen atoms in total. The zero-order chi connectivity index (χ0) is 13.7. The van der Waals surface area contributed by atoms with Gasteiger partial charge in [0, 0.05) is 18.0 Å². The normalized spacial score (nSPS) is 11.8. The fourth-order valence-corrected chi connectivity index (χ4v) is 1.65. The lowest BCUT2D eigenvalue weighted by atomic mass is 10.0. The minimum atomic E-state index is -0.184. The van der Waals surface area contributed by atoms with Gasteiger partial charge in [0.05, 0.1) is 21.3 Å². The van der Waals surface area contributed by atoms with Crippen molar-refractivity contribution in [2.24, 2.45) is 5.73 Å². The summed E-state index contributed by atoms with van der Waals surface area (Å²) in [5.74, 6) is 1.34. The van der Waals surface area contributed by atoms with E-state index in [-0.39, 0.29) is 18.2 Å². The van der Waals surface area contributed by atoms with E-state index in [1.807, 2.05) is 0 Å². The van der Waals surface area contributed by atoms with Gasteiger partial charge >= 0.3 is 0 Å². The molecule has 0 aliphatic carbocycles. The molecular weight excluding hydrogens is 234 g/mol. The highest BCUT2D eigenvalue weighted by Gasteiger charge is 2.17. The molecule has 0 heterocycles. The number of carbonyl (C=O) groups is 1. The third kappa shape index (κ3) is 3.13. The molecule has 0 fully saturated rings. The van der Waals surface area contributed by atoms with Crippen molar-refractivity contribution in [3.63, 3.8) is 0 Å². The van der Waals surface area contributed by atoms with Crippen LogP contribution < -0.4 is 19.9 Å². The quantitative estimate of drug-likeness (QED) is 0.780. The van der Waals surface area contributed by atoms with Crippen LogP contribution in [-0.4, -0.2) is 33.2 Å². The Labute approximate surface area is 107 Å². The van der Waals surface area contributed by atoms with Gasteiger partial charge < -0.3 is 19.9 Å². The van der Waals surface area contributed by atoms with Gasteiger partial charge in [-0.05, 0) is 19.1 Å². The molecule has 5 heteroatoms. The minimum Gasteiger partial charge on any atom is -0.493 e. The average Bonchev–Trinajstić information content (AvgIpc) is 2.35. The Morgan fingerprint density at radius 1 is 1.17 bits per heavy atom.